The van der Waals surface area contributed by atoms with Crippen LogP contribution in [0.15, 0.2) is 30.3 Å². The van der Waals surface area contributed by atoms with E-state index in [0.717, 1.165) is 22.3 Å². The van der Waals surface area contributed by atoms with E-state index < -0.39 is 0 Å². The minimum atomic E-state index is 0.492. The number of nitrogens with one attached hydrogen (secondary N) is 2. The fourth-order valence-corrected chi connectivity index (χ4v) is 2.37. The average Bonchev–Trinajstić information content (AvgIpc) is 2.76. The van der Waals surface area contributed by atoms with E-state index in [4.69, 9.17) is 34.8 Å². The molecule has 0 aliphatic heterocycles. The van der Waals surface area contributed by atoms with Crippen LogP contribution in [0.4, 0.5) is 11.6 Å². The summed E-state index contributed by atoms with van der Waals surface area (Å²) < 4.78 is 0. The maximum atomic E-state index is 6.09. The maximum absolute atomic E-state index is 6.09. The van der Waals surface area contributed by atoms with Crippen LogP contribution in [0.2, 0.25) is 15.1 Å². The zero-order chi connectivity index (χ0) is 14.3. The van der Waals surface area contributed by atoms with Crippen molar-refractivity contribution in [1.82, 2.24) is 9.97 Å². The zero-order valence-electron chi connectivity index (χ0n) is 10.5. The number of halogens is 3. The molecule has 0 aliphatic carbocycles. The molecule has 0 radical (unpaired) electrons. The maximum Gasteiger partial charge on any atom is 0.205 e. The first-order valence-corrected chi connectivity index (χ1v) is 7.04. The van der Waals surface area contributed by atoms with Gasteiger partial charge in [0, 0.05) is 10.7 Å². The topological polar surface area (TPSA) is 40.7 Å². The second kappa shape index (κ2) is 5.17. The van der Waals surface area contributed by atoms with Crippen molar-refractivity contribution >= 4 is 57.5 Å². The highest BCUT2D eigenvalue weighted by atomic mass is 35.5. The van der Waals surface area contributed by atoms with Crippen LogP contribution in [0.1, 0.15) is 5.56 Å². The number of nitrogens with zero attached hydrogens (tertiary/aromatic N) is 1. The fourth-order valence-electron chi connectivity index (χ4n) is 1.91. The molecule has 3 rings (SSSR count). The molecule has 102 valence electrons. The van der Waals surface area contributed by atoms with Gasteiger partial charge in [0.1, 0.15) is 0 Å². The minimum Gasteiger partial charge on any atom is -0.326 e. The molecule has 1 heterocycles. The number of rotatable bonds is 2. The molecule has 1 aromatic heterocycles. The number of benzene rings is 2. The van der Waals surface area contributed by atoms with Gasteiger partial charge in [0.2, 0.25) is 5.95 Å². The van der Waals surface area contributed by atoms with E-state index in [2.05, 4.69) is 15.3 Å². The standard InChI is InChI=1S/C14H10Cl3N3/c1-7-4-12-13(6-10(7)16)20-14(19-12)18-8-2-3-9(15)11(17)5-8/h2-6H,1H3,(H2,18,19,20). The highest BCUT2D eigenvalue weighted by molar-refractivity contribution is 6.42. The van der Waals surface area contributed by atoms with Gasteiger partial charge < -0.3 is 10.3 Å². The Kier molecular flexibility index (Phi) is 3.50. The number of anilines is 2. The minimum absolute atomic E-state index is 0.492. The van der Waals surface area contributed by atoms with E-state index in [1.807, 2.05) is 25.1 Å². The van der Waals surface area contributed by atoms with Crippen LogP contribution in [-0.4, -0.2) is 9.97 Å². The number of aryl methyl sites for hydroxylation is 1. The molecule has 0 saturated carbocycles. The lowest BCUT2D eigenvalue weighted by Gasteiger charge is -2.03. The quantitative estimate of drug-likeness (QED) is 0.646. The summed E-state index contributed by atoms with van der Waals surface area (Å²) in [5.74, 6) is 0.625. The number of aromatic nitrogens is 2. The summed E-state index contributed by atoms with van der Waals surface area (Å²) in [7, 11) is 0. The van der Waals surface area contributed by atoms with Crippen molar-refractivity contribution in [2.45, 2.75) is 6.92 Å². The molecule has 0 fully saturated rings. The Morgan fingerprint density at radius 3 is 2.55 bits per heavy atom. The second-order valence-corrected chi connectivity index (χ2v) is 5.68. The summed E-state index contributed by atoms with van der Waals surface area (Å²) in [6.07, 6.45) is 0. The van der Waals surface area contributed by atoms with Gasteiger partial charge in [-0.1, -0.05) is 34.8 Å². The smallest absolute Gasteiger partial charge is 0.205 e. The lowest BCUT2D eigenvalue weighted by atomic mass is 10.2. The molecule has 0 amide bonds. The van der Waals surface area contributed by atoms with Gasteiger partial charge in [-0.05, 0) is 42.8 Å². The molecular formula is C14H10Cl3N3. The molecule has 0 spiro atoms. The Morgan fingerprint density at radius 1 is 1.00 bits per heavy atom. The zero-order valence-corrected chi connectivity index (χ0v) is 12.7. The fraction of sp³-hybridized carbons (Fsp3) is 0.0714. The van der Waals surface area contributed by atoms with Crippen LogP contribution < -0.4 is 5.32 Å². The average molecular weight is 327 g/mol. The van der Waals surface area contributed by atoms with E-state index in [-0.39, 0.29) is 0 Å². The van der Waals surface area contributed by atoms with Gasteiger partial charge in [-0.3, -0.25) is 0 Å². The van der Waals surface area contributed by atoms with Gasteiger partial charge in [0.15, 0.2) is 0 Å². The Morgan fingerprint density at radius 2 is 1.80 bits per heavy atom. The van der Waals surface area contributed by atoms with E-state index in [9.17, 15) is 0 Å². The molecule has 0 aliphatic rings. The number of hydrogen-bond donors (Lipinski definition) is 2. The Bertz CT molecular complexity index is 757. The van der Waals surface area contributed by atoms with Gasteiger partial charge in [-0.2, -0.15) is 0 Å². The first kappa shape index (κ1) is 13.6. The number of hydrogen-bond acceptors (Lipinski definition) is 2. The second-order valence-electron chi connectivity index (χ2n) is 4.46. The molecular weight excluding hydrogens is 317 g/mol. The van der Waals surface area contributed by atoms with Crippen molar-refractivity contribution in [3.8, 4) is 0 Å². The van der Waals surface area contributed by atoms with E-state index in [0.29, 0.717) is 21.0 Å². The van der Waals surface area contributed by atoms with Crippen molar-refractivity contribution in [3.63, 3.8) is 0 Å². The Labute approximate surface area is 130 Å². The Hall–Kier alpha value is -1.42. The first-order chi connectivity index (χ1) is 9.52. The summed E-state index contributed by atoms with van der Waals surface area (Å²) in [5, 5.41) is 4.86. The molecule has 6 heteroatoms. The van der Waals surface area contributed by atoms with Gasteiger partial charge in [-0.15, -0.1) is 0 Å². The summed E-state index contributed by atoms with van der Waals surface area (Å²) in [5.41, 5.74) is 3.54. The van der Waals surface area contributed by atoms with Crippen molar-refractivity contribution < 1.29 is 0 Å². The van der Waals surface area contributed by atoms with Crippen LogP contribution in [-0.2, 0) is 0 Å². The van der Waals surface area contributed by atoms with E-state index in [1.54, 1.807) is 12.1 Å². The third-order valence-corrected chi connectivity index (χ3v) is 4.09. The van der Waals surface area contributed by atoms with Crippen LogP contribution in [0.25, 0.3) is 11.0 Å². The predicted molar refractivity (Wildman–Crippen MR) is 85.6 cm³/mol. The van der Waals surface area contributed by atoms with E-state index in [1.165, 1.54) is 0 Å². The van der Waals surface area contributed by atoms with Crippen LogP contribution >= 0.6 is 34.8 Å². The highest BCUT2D eigenvalue weighted by Gasteiger charge is 2.06. The molecule has 0 bridgehead atoms. The summed E-state index contributed by atoms with van der Waals surface area (Å²) in [4.78, 5) is 7.62. The summed E-state index contributed by atoms with van der Waals surface area (Å²) in [6.45, 7) is 1.95. The van der Waals surface area contributed by atoms with Crippen LogP contribution in [0, 0.1) is 6.92 Å². The number of H-pyrrole nitrogens is 1. The number of fused-ring (bicyclic) bond motifs is 1. The molecule has 3 aromatic rings. The van der Waals surface area contributed by atoms with Crippen LogP contribution in [0.3, 0.4) is 0 Å². The molecule has 20 heavy (non-hydrogen) atoms. The summed E-state index contributed by atoms with van der Waals surface area (Å²) in [6, 6.07) is 9.11. The van der Waals surface area contributed by atoms with Crippen molar-refractivity contribution in [1.29, 1.82) is 0 Å². The van der Waals surface area contributed by atoms with Crippen molar-refractivity contribution in [2.24, 2.45) is 0 Å². The number of aromatic amines is 1. The molecule has 0 unspecified atom stereocenters. The lowest BCUT2D eigenvalue weighted by molar-refractivity contribution is 1.31. The molecule has 2 aromatic carbocycles. The third-order valence-electron chi connectivity index (χ3n) is 2.94. The SMILES string of the molecule is Cc1cc2[nH]c(Nc3ccc(Cl)c(Cl)c3)nc2cc1Cl. The monoisotopic (exact) mass is 325 g/mol. The number of imidazole rings is 1. The molecule has 3 nitrogen and oxygen atoms in total. The largest absolute Gasteiger partial charge is 0.326 e. The normalized spacial score (nSPS) is 11.0. The van der Waals surface area contributed by atoms with Crippen molar-refractivity contribution in [2.75, 3.05) is 5.32 Å². The van der Waals surface area contributed by atoms with Gasteiger partial charge in [0.05, 0.1) is 21.1 Å². The first-order valence-electron chi connectivity index (χ1n) is 5.91. The lowest BCUT2D eigenvalue weighted by Crippen LogP contribution is -1.91. The predicted octanol–water partition coefficient (Wildman–Crippen LogP) is 5.58. The van der Waals surface area contributed by atoms with Gasteiger partial charge >= 0.3 is 0 Å². The summed E-state index contributed by atoms with van der Waals surface area (Å²) >= 11 is 18.0. The molecule has 2 N–H and O–H groups in total. The molecule has 0 atom stereocenters. The van der Waals surface area contributed by atoms with Gasteiger partial charge in [0.25, 0.3) is 0 Å². The Balaban J connectivity index is 1.96. The van der Waals surface area contributed by atoms with Crippen molar-refractivity contribution in [3.05, 3.63) is 51.0 Å². The third kappa shape index (κ3) is 2.57. The molecule has 0 saturated heterocycles. The van der Waals surface area contributed by atoms with Crippen LogP contribution in [0.5, 0.6) is 0 Å². The van der Waals surface area contributed by atoms with Gasteiger partial charge in [-0.25, -0.2) is 4.98 Å². The van der Waals surface area contributed by atoms with E-state index >= 15 is 0 Å². The highest BCUT2D eigenvalue weighted by Crippen LogP contribution is 2.28.